The Morgan fingerprint density at radius 3 is 2.57 bits per heavy atom. The number of allylic oxidation sites excluding steroid dienone is 1. The van der Waals surface area contributed by atoms with E-state index in [9.17, 15) is 8.94 Å². The zero-order valence-electron chi connectivity index (χ0n) is 14.1. The molecule has 0 saturated heterocycles. The molecule has 1 heterocycles. The number of halogens is 1. The van der Waals surface area contributed by atoms with Crippen LogP contribution < -0.4 is 0 Å². The Labute approximate surface area is 141 Å². The van der Waals surface area contributed by atoms with E-state index < -0.39 is 28.8 Å². The molecule has 1 aliphatic rings. The van der Waals surface area contributed by atoms with Crippen LogP contribution in [-0.4, -0.2) is 32.4 Å². The van der Waals surface area contributed by atoms with Gasteiger partial charge in [-0.2, -0.15) is 0 Å². The highest BCUT2D eigenvalue weighted by Gasteiger charge is 2.41. The Morgan fingerprint density at radius 1 is 1.35 bits per heavy atom. The van der Waals surface area contributed by atoms with Crippen molar-refractivity contribution < 1.29 is 13.7 Å². The predicted molar refractivity (Wildman–Crippen MR) is 92.9 cm³/mol. The fourth-order valence-corrected chi connectivity index (χ4v) is 4.02. The fourth-order valence-electron chi connectivity index (χ4n) is 2.61. The number of rotatable bonds is 6. The largest absolute Gasteiger partial charge is 0.597 e. The van der Waals surface area contributed by atoms with Crippen LogP contribution in [-0.2, 0) is 22.6 Å². The van der Waals surface area contributed by atoms with Crippen LogP contribution in [0.5, 0.6) is 0 Å². The van der Waals surface area contributed by atoms with E-state index in [2.05, 4.69) is 0 Å². The maximum Gasteiger partial charge on any atom is 0.137 e. The summed E-state index contributed by atoms with van der Waals surface area (Å²) in [6.07, 6.45) is 4.92. The number of benzene rings is 1. The molecule has 3 nitrogen and oxygen atoms in total. The first kappa shape index (κ1) is 18.3. The highest BCUT2D eigenvalue weighted by Crippen LogP contribution is 2.29. The molecule has 1 aromatic rings. The van der Waals surface area contributed by atoms with Gasteiger partial charge in [-0.3, -0.25) is 0 Å². The molecule has 128 valence electrons. The molecule has 0 fully saturated rings. The molecule has 0 radical (unpaired) electrons. The molecule has 23 heavy (non-hydrogen) atoms. The minimum atomic E-state index is -1.32. The molecule has 0 spiro atoms. The van der Waals surface area contributed by atoms with Crippen molar-refractivity contribution in [2.45, 2.75) is 57.1 Å². The Balaban J connectivity index is 2.25. The lowest BCUT2D eigenvalue weighted by molar-refractivity contribution is 0.0421. The zero-order valence-corrected chi connectivity index (χ0v) is 14.9. The molecule has 0 saturated carbocycles. The molecule has 0 amide bonds. The fraction of sp³-hybridized carbons (Fsp3) is 0.556. The Morgan fingerprint density at radius 2 is 2.04 bits per heavy atom. The molecular weight excluding hydrogens is 313 g/mol. The van der Waals surface area contributed by atoms with Crippen LogP contribution in [0.4, 0.5) is 4.39 Å². The number of hydrogen-bond acceptors (Lipinski definition) is 3. The van der Waals surface area contributed by atoms with Crippen molar-refractivity contribution in [3.63, 3.8) is 0 Å². The summed E-state index contributed by atoms with van der Waals surface area (Å²) < 4.78 is 33.8. The van der Waals surface area contributed by atoms with Gasteiger partial charge in [0.2, 0.25) is 0 Å². The lowest BCUT2D eigenvalue weighted by atomic mass is 10.0. The Hall–Kier alpha value is -1.04. The van der Waals surface area contributed by atoms with Gasteiger partial charge in [0.05, 0.1) is 12.8 Å². The monoisotopic (exact) mass is 339 g/mol. The molecule has 1 unspecified atom stereocenters. The van der Waals surface area contributed by atoms with Gasteiger partial charge in [-0.15, -0.1) is 4.31 Å². The minimum Gasteiger partial charge on any atom is -0.597 e. The zero-order chi connectivity index (χ0) is 16.9. The molecule has 5 heteroatoms. The molecule has 0 aliphatic carbocycles. The van der Waals surface area contributed by atoms with Gasteiger partial charge in [0, 0.05) is 11.4 Å². The van der Waals surface area contributed by atoms with Gasteiger partial charge in [0.1, 0.15) is 23.6 Å². The van der Waals surface area contributed by atoms with Crippen LogP contribution >= 0.6 is 0 Å². The molecule has 0 aromatic heterocycles. The van der Waals surface area contributed by atoms with Gasteiger partial charge in [-0.05, 0) is 45.3 Å². The average Bonchev–Trinajstić information content (AvgIpc) is 2.55. The SMILES string of the molecule is CC(C)(C)[S@@+]([O-])N(Cc1ccccc1)[C@H](CF)C1CCC=CO1. The highest BCUT2D eigenvalue weighted by atomic mass is 32.2. The molecule has 1 aliphatic heterocycles. The van der Waals surface area contributed by atoms with Crippen molar-refractivity contribution in [1.29, 1.82) is 0 Å². The van der Waals surface area contributed by atoms with E-state index >= 15 is 0 Å². The maximum atomic E-state index is 13.9. The number of alkyl halides is 1. The molecule has 0 bridgehead atoms. The van der Waals surface area contributed by atoms with Gasteiger partial charge < -0.3 is 9.29 Å². The van der Waals surface area contributed by atoms with Crippen LogP contribution in [0, 0.1) is 0 Å². The van der Waals surface area contributed by atoms with E-state index in [0.717, 1.165) is 18.4 Å². The predicted octanol–water partition coefficient (Wildman–Crippen LogP) is 3.98. The quantitative estimate of drug-likeness (QED) is 0.735. The third kappa shape index (κ3) is 4.96. The van der Waals surface area contributed by atoms with Gasteiger partial charge in [0.25, 0.3) is 0 Å². The topological polar surface area (TPSA) is 35.5 Å². The lowest BCUT2D eigenvalue weighted by Crippen LogP contribution is -2.53. The van der Waals surface area contributed by atoms with E-state index in [1.807, 2.05) is 57.2 Å². The lowest BCUT2D eigenvalue weighted by Gasteiger charge is -2.39. The van der Waals surface area contributed by atoms with E-state index in [-0.39, 0.29) is 6.10 Å². The van der Waals surface area contributed by atoms with Gasteiger partial charge in [0.15, 0.2) is 0 Å². The third-order valence-electron chi connectivity index (χ3n) is 3.84. The van der Waals surface area contributed by atoms with Crippen molar-refractivity contribution in [3.05, 3.63) is 48.2 Å². The summed E-state index contributed by atoms with van der Waals surface area (Å²) >= 11 is -1.32. The summed E-state index contributed by atoms with van der Waals surface area (Å²) in [5.41, 5.74) is 1.02. The number of nitrogens with zero attached hydrogens (tertiary/aromatic N) is 1. The molecular formula is C18H26FNO2S. The average molecular weight is 339 g/mol. The van der Waals surface area contributed by atoms with E-state index in [1.165, 1.54) is 0 Å². The van der Waals surface area contributed by atoms with Crippen LogP contribution in [0.3, 0.4) is 0 Å². The van der Waals surface area contributed by atoms with Crippen molar-refractivity contribution >= 4 is 11.4 Å². The van der Waals surface area contributed by atoms with E-state index in [0.29, 0.717) is 6.54 Å². The molecule has 3 atom stereocenters. The highest BCUT2D eigenvalue weighted by molar-refractivity contribution is 7.90. The minimum absolute atomic E-state index is 0.264. The van der Waals surface area contributed by atoms with Crippen LogP contribution in [0.25, 0.3) is 0 Å². The summed E-state index contributed by atoms with van der Waals surface area (Å²) in [6, 6.07) is 9.26. The second-order valence-electron chi connectivity index (χ2n) is 6.77. The van der Waals surface area contributed by atoms with Crippen LogP contribution in [0.1, 0.15) is 39.2 Å². The summed E-state index contributed by atoms with van der Waals surface area (Å²) in [7, 11) is 0. The second kappa shape index (κ2) is 8.18. The first-order valence-electron chi connectivity index (χ1n) is 8.02. The van der Waals surface area contributed by atoms with Crippen molar-refractivity contribution in [1.82, 2.24) is 4.31 Å². The van der Waals surface area contributed by atoms with Crippen molar-refractivity contribution in [2.75, 3.05) is 6.67 Å². The van der Waals surface area contributed by atoms with Crippen molar-refractivity contribution in [2.24, 2.45) is 0 Å². The number of ether oxygens (including phenoxy) is 1. The Bertz CT molecular complexity index is 503. The molecule has 1 aromatic carbocycles. The van der Waals surface area contributed by atoms with E-state index in [4.69, 9.17) is 4.74 Å². The standard InChI is InChI=1S/C18H26FNO2S/c1-18(2,3)23(21)20(14-15-9-5-4-6-10-15)16(13-19)17-11-7-8-12-22-17/h4-6,8-10,12,16-17H,7,11,13-14H2,1-3H3/t16-,17?,23-/m1/s1. The Kier molecular flexibility index (Phi) is 6.50. The smallest absolute Gasteiger partial charge is 0.137 e. The normalized spacial score (nSPS) is 21.0. The summed E-state index contributed by atoms with van der Waals surface area (Å²) in [4.78, 5) is 0. The maximum absolute atomic E-state index is 13.9. The first-order chi connectivity index (χ1) is 10.9. The van der Waals surface area contributed by atoms with Crippen LogP contribution in [0.15, 0.2) is 42.7 Å². The molecule has 2 rings (SSSR count). The molecule has 0 N–H and O–H groups in total. The summed E-state index contributed by atoms with van der Waals surface area (Å²) in [5.74, 6) is 0. The van der Waals surface area contributed by atoms with Crippen molar-refractivity contribution in [3.8, 4) is 0 Å². The first-order valence-corrected chi connectivity index (χ1v) is 9.13. The van der Waals surface area contributed by atoms with Gasteiger partial charge >= 0.3 is 0 Å². The third-order valence-corrected chi connectivity index (χ3v) is 5.72. The number of hydrogen-bond donors (Lipinski definition) is 0. The summed E-state index contributed by atoms with van der Waals surface area (Å²) in [6.45, 7) is 5.62. The van der Waals surface area contributed by atoms with Gasteiger partial charge in [-0.25, -0.2) is 4.39 Å². The van der Waals surface area contributed by atoms with Crippen LogP contribution in [0.2, 0.25) is 0 Å². The summed E-state index contributed by atoms with van der Waals surface area (Å²) in [5, 5.41) is 0. The second-order valence-corrected chi connectivity index (χ2v) is 8.96. The van der Waals surface area contributed by atoms with E-state index in [1.54, 1.807) is 10.6 Å². The van der Waals surface area contributed by atoms with Gasteiger partial charge in [-0.1, -0.05) is 30.3 Å².